The summed E-state index contributed by atoms with van der Waals surface area (Å²) in [6.45, 7) is 4.73. The zero-order valence-corrected chi connectivity index (χ0v) is 40.6. The smallest absolute Gasteiger partial charge is 0.387 e. The molecule has 0 aromatic heterocycles. The van der Waals surface area contributed by atoms with Gasteiger partial charge in [0.05, 0.1) is 39.9 Å². The number of phosphoric acid groups is 1. The lowest BCUT2D eigenvalue weighted by Gasteiger charge is -2.25. The van der Waals surface area contributed by atoms with E-state index in [4.69, 9.17) is 9.05 Å². The minimum Gasteiger partial charge on any atom is -0.387 e. The molecule has 3 unspecified atom stereocenters. The Morgan fingerprint density at radius 3 is 1.43 bits per heavy atom. The van der Waals surface area contributed by atoms with Crippen molar-refractivity contribution in [2.45, 2.75) is 219 Å². The third kappa shape index (κ3) is 44.3. The maximum atomic E-state index is 12.8. The number of unbranched alkanes of at least 4 members (excludes halogenated alkanes) is 23. The van der Waals surface area contributed by atoms with E-state index in [1.165, 1.54) is 141 Å². The Morgan fingerprint density at radius 2 is 0.967 bits per heavy atom. The Labute approximate surface area is 371 Å². The van der Waals surface area contributed by atoms with E-state index < -0.39 is 20.0 Å². The van der Waals surface area contributed by atoms with Gasteiger partial charge >= 0.3 is 7.82 Å². The topological polar surface area (TPSA) is 105 Å². The summed E-state index contributed by atoms with van der Waals surface area (Å²) >= 11 is 0. The molecule has 8 nitrogen and oxygen atoms in total. The van der Waals surface area contributed by atoms with Crippen molar-refractivity contribution in [1.29, 1.82) is 0 Å². The van der Waals surface area contributed by atoms with Gasteiger partial charge in [0.2, 0.25) is 5.91 Å². The summed E-state index contributed by atoms with van der Waals surface area (Å²) in [5.74, 6) is -0.259. The van der Waals surface area contributed by atoms with Crippen LogP contribution in [0.3, 0.4) is 0 Å². The average molecular weight is 864 g/mol. The zero-order chi connectivity index (χ0) is 44.3. The standard InChI is InChI=1S/C51H95N2O6P/c1-6-8-10-12-14-16-18-20-21-22-23-24-25-26-27-28-29-30-31-33-34-36-38-40-42-44-50(54)49(48-59-60(56,57)58-47-46-53(3,4)5)52-51(55)45-43-41-39-37-35-32-19-17-15-13-11-9-7-2/h29-30,32,34-36,39,41-42,44,49-50,54H,6-28,31,33,37-38,40,43,45-48H2,1-5H3,(H-,52,55,56,57)/p+1/b30-29+,35-32-,36-34+,41-39-,44-42+. The van der Waals surface area contributed by atoms with Crippen molar-refractivity contribution in [3.63, 3.8) is 0 Å². The van der Waals surface area contributed by atoms with Crippen molar-refractivity contribution in [1.82, 2.24) is 5.32 Å². The summed E-state index contributed by atoms with van der Waals surface area (Å²) in [6, 6.07) is -0.901. The van der Waals surface area contributed by atoms with Gasteiger partial charge in [0.1, 0.15) is 13.2 Å². The van der Waals surface area contributed by atoms with Crippen LogP contribution in [0.25, 0.3) is 0 Å². The van der Waals surface area contributed by atoms with Crippen LogP contribution in [0.1, 0.15) is 206 Å². The van der Waals surface area contributed by atoms with E-state index in [-0.39, 0.29) is 25.5 Å². The van der Waals surface area contributed by atoms with Gasteiger partial charge in [-0.2, -0.15) is 0 Å². The van der Waals surface area contributed by atoms with E-state index in [1.54, 1.807) is 6.08 Å². The van der Waals surface area contributed by atoms with Crippen molar-refractivity contribution >= 4 is 13.7 Å². The minimum absolute atomic E-state index is 0.0424. The lowest BCUT2D eigenvalue weighted by Crippen LogP contribution is -2.45. The number of nitrogens with zero attached hydrogens (tertiary/aromatic N) is 1. The Hall–Kier alpha value is -1.80. The summed E-state index contributed by atoms with van der Waals surface area (Å²) < 4.78 is 23.5. The van der Waals surface area contributed by atoms with Gasteiger partial charge in [0.15, 0.2) is 0 Å². The molecule has 9 heteroatoms. The van der Waals surface area contributed by atoms with Gasteiger partial charge < -0.3 is 19.8 Å². The molecule has 0 aliphatic heterocycles. The molecule has 60 heavy (non-hydrogen) atoms. The van der Waals surface area contributed by atoms with Crippen LogP contribution in [-0.4, -0.2) is 73.4 Å². The van der Waals surface area contributed by atoms with Gasteiger partial charge in [-0.25, -0.2) is 4.57 Å². The molecule has 0 bridgehead atoms. The lowest BCUT2D eigenvalue weighted by molar-refractivity contribution is -0.870. The van der Waals surface area contributed by atoms with Crippen molar-refractivity contribution in [3.05, 3.63) is 60.8 Å². The number of carbonyl (C=O) groups is 1. The lowest BCUT2D eigenvalue weighted by atomic mass is 10.0. The van der Waals surface area contributed by atoms with E-state index in [0.29, 0.717) is 17.4 Å². The average Bonchev–Trinajstić information content (AvgIpc) is 3.20. The molecule has 0 aromatic rings. The molecular formula is C51H96N2O6P+. The number of likely N-dealkylation sites (N-methyl/N-ethyl adjacent to an activating group) is 1. The van der Waals surface area contributed by atoms with Crippen molar-refractivity contribution in [2.24, 2.45) is 0 Å². The molecule has 0 fully saturated rings. The number of quaternary nitrogens is 1. The van der Waals surface area contributed by atoms with Crippen LogP contribution in [0.15, 0.2) is 60.8 Å². The van der Waals surface area contributed by atoms with Crippen molar-refractivity contribution < 1.29 is 32.9 Å². The van der Waals surface area contributed by atoms with Gasteiger partial charge in [-0.1, -0.05) is 197 Å². The molecule has 0 rings (SSSR count). The second kappa shape index (κ2) is 42.5. The summed E-state index contributed by atoms with van der Waals surface area (Å²) in [5, 5.41) is 13.8. The summed E-state index contributed by atoms with van der Waals surface area (Å²) in [5.41, 5.74) is 0. The number of phosphoric ester groups is 1. The molecule has 0 saturated carbocycles. The summed E-state index contributed by atoms with van der Waals surface area (Å²) in [7, 11) is 1.51. The second-order valence-electron chi connectivity index (χ2n) is 17.8. The number of rotatable bonds is 44. The van der Waals surface area contributed by atoms with Crippen molar-refractivity contribution in [3.8, 4) is 0 Å². The SMILES string of the molecule is CCCCCCCC/C=C\C/C=C\CCC(=O)NC(COP(=O)(O)OCC[N+](C)(C)C)C(O)/C=C/CC/C=C/CC/C=C/CCCCCCCCCCCCCCCCC. The summed E-state index contributed by atoms with van der Waals surface area (Å²) in [6.07, 6.45) is 56.2. The van der Waals surface area contributed by atoms with Crippen LogP contribution in [-0.2, 0) is 18.4 Å². The number of amides is 1. The van der Waals surface area contributed by atoms with Crippen LogP contribution in [0.5, 0.6) is 0 Å². The molecule has 0 saturated heterocycles. The van der Waals surface area contributed by atoms with E-state index in [2.05, 4.69) is 61.7 Å². The number of hydrogen-bond donors (Lipinski definition) is 3. The predicted molar refractivity (Wildman–Crippen MR) is 258 cm³/mol. The first-order valence-electron chi connectivity index (χ1n) is 24.7. The molecule has 0 aliphatic rings. The van der Waals surface area contributed by atoms with E-state index in [9.17, 15) is 19.4 Å². The monoisotopic (exact) mass is 864 g/mol. The fourth-order valence-electron chi connectivity index (χ4n) is 6.77. The van der Waals surface area contributed by atoms with Gasteiger partial charge in [-0.15, -0.1) is 0 Å². The number of aliphatic hydroxyl groups is 1. The first kappa shape index (κ1) is 58.2. The molecule has 350 valence electrons. The van der Waals surface area contributed by atoms with Crippen LogP contribution in [0, 0.1) is 0 Å². The van der Waals surface area contributed by atoms with Crippen LogP contribution in [0.4, 0.5) is 0 Å². The molecule has 3 N–H and O–H groups in total. The Kier molecular flexibility index (Phi) is 41.2. The molecule has 0 aliphatic carbocycles. The van der Waals surface area contributed by atoms with Gasteiger partial charge in [-0.3, -0.25) is 13.8 Å². The Balaban J connectivity index is 4.41. The molecule has 0 heterocycles. The van der Waals surface area contributed by atoms with Crippen LogP contribution in [0.2, 0.25) is 0 Å². The number of aliphatic hydroxyl groups excluding tert-OH is 1. The summed E-state index contributed by atoms with van der Waals surface area (Å²) in [4.78, 5) is 23.1. The van der Waals surface area contributed by atoms with E-state index >= 15 is 0 Å². The Bertz CT molecular complexity index is 1160. The quantitative estimate of drug-likeness (QED) is 0.0244. The largest absolute Gasteiger partial charge is 0.472 e. The second-order valence-corrected chi connectivity index (χ2v) is 19.3. The van der Waals surface area contributed by atoms with E-state index in [1.807, 2.05) is 33.3 Å². The fourth-order valence-corrected chi connectivity index (χ4v) is 7.51. The molecule has 1 amide bonds. The molecular weight excluding hydrogens is 768 g/mol. The first-order chi connectivity index (χ1) is 29.0. The number of allylic oxidation sites excluding steroid dienone is 9. The zero-order valence-electron chi connectivity index (χ0n) is 39.7. The van der Waals surface area contributed by atoms with Gasteiger partial charge in [0.25, 0.3) is 0 Å². The van der Waals surface area contributed by atoms with E-state index in [0.717, 1.165) is 38.5 Å². The van der Waals surface area contributed by atoms with Gasteiger partial charge in [0, 0.05) is 6.42 Å². The van der Waals surface area contributed by atoms with Gasteiger partial charge in [-0.05, 0) is 64.2 Å². The highest BCUT2D eigenvalue weighted by molar-refractivity contribution is 7.47. The number of carbonyl (C=O) groups excluding carboxylic acids is 1. The molecule has 0 spiro atoms. The highest BCUT2D eigenvalue weighted by atomic mass is 31.2. The van der Waals surface area contributed by atoms with Crippen molar-refractivity contribution in [2.75, 3.05) is 40.9 Å². The maximum absolute atomic E-state index is 12.8. The highest BCUT2D eigenvalue weighted by Gasteiger charge is 2.27. The molecule has 0 aromatic carbocycles. The third-order valence-corrected chi connectivity index (χ3v) is 11.7. The van der Waals surface area contributed by atoms with Crippen LogP contribution >= 0.6 is 7.82 Å². The number of hydrogen-bond acceptors (Lipinski definition) is 5. The molecule has 3 atom stereocenters. The maximum Gasteiger partial charge on any atom is 0.472 e. The first-order valence-corrected chi connectivity index (χ1v) is 26.2. The molecule has 0 radical (unpaired) electrons. The predicted octanol–water partition coefficient (Wildman–Crippen LogP) is 14.2. The van der Waals surface area contributed by atoms with Crippen LogP contribution < -0.4 is 5.32 Å². The Morgan fingerprint density at radius 1 is 0.567 bits per heavy atom. The minimum atomic E-state index is -4.37. The highest BCUT2D eigenvalue weighted by Crippen LogP contribution is 2.43. The fraction of sp³-hybridized carbons (Fsp3) is 0.784. The normalized spacial score (nSPS) is 14.7. The third-order valence-electron chi connectivity index (χ3n) is 10.7. The number of nitrogens with one attached hydrogen (secondary N) is 1.